The Balaban J connectivity index is 1.80. The van der Waals surface area contributed by atoms with E-state index >= 15 is 0 Å². The topological polar surface area (TPSA) is 82.5 Å². The van der Waals surface area contributed by atoms with E-state index < -0.39 is 0 Å². The molecule has 0 aliphatic heterocycles. The normalized spacial score (nSPS) is 15.4. The van der Waals surface area contributed by atoms with Crippen molar-refractivity contribution in [2.45, 2.75) is 44.9 Å². The lowest BCUT2D eigenvalue weighted by molar-refractivity contribution is 0.0943. The maximum atomic E-state index is 12.5. The number of benzene rings is 1. The second-order valence-corrected chi connectivity index (χ2v) is 6.71. The highest BCUT2D eigenvalue weighted by Gasteiger charge is 2.18. The van der Waals surface area contributed by atoms with Gasteiger partial charge in [-0.25, -0.2) is 0 Å². The van der Waals surface area contributed by atoms with Gasteiger partial charge >= 0.3 is 0 Å². The van der Waals surface area contributed by atoms with E-state index in [0.717, 1.165) is 6.42 Å². The Labute approximate surface area is 147 Å². The lowest BCUT2D eigenvalue weighted by atomic mass is 9.85. The molecule has 1 heterocycles. The SMILES string of the molecule is NCCOc1cccc2c(=O)cc(C(=O)CCC3CCCCC3)oc12. The summed E-state index contributed by atoms with van der Waals surface area (Å²) in [4.78, 5) is 24.9. The first kappa shape index (κ1) is 17.7. The third-order valence-corrected chi connectivity index (χ3v) is 4.87. The summed E-state index contributed by atoms with van der Waals surface area (Å²) >= 11 is 0. The van der Waals surface area contributed by atoms with Crippen molar-refractivity contribution in [1.29, 1.82) is 0 Å². The van der Waals surface area contributed by atoms with E-state index in [1.54, 1.807) is 18.2 Å². The molecule has 2 aromatic rings. The zero-order valence-electron chi connectivity index (χ0n) is 14.5. The Hall–Kier alpha value is -2.14. The second kappa shape index (κ2) is 8.30. The van der Waals surface area contributed by atoms with Crippen LogP contribution in [0.3, 0.4) is 0 Å². The van der Waals surface area contributed by atoms with E-state index in [1.165, 1.54) is 38.2 Å². The molecule has 134 valence electrons. The quantitative estimate of drug-likeness (QED) is 0.776. The minimum atomic E-state index is -0.222. The van der Waals surface area contributed by atoms with Gasteiger partial charge in [0.1, 0.15) is 6.61 Å². The molecular weight excluding hydrogens is 318 g/mol. The van der Waals surface area contributed by atoms with Crippen molar-refractivity contribution in [3.05, 3.63) is 40.2 Å². The molecule has 1 aromatic carbocycles. The summed E-state index contributed by atoms with van der Waals surface area (Å²) in [6.45, 7) is 0.684. The molecule has 0 saturated heterocycles. The van der Waals surface area contributed by atoms with Gasteiger partial charge in [0.2, 0.25) is 0 Å². The van der Waals surface area contributed by atoms with Gasteiger partial charge in [-0.05, 0) is 24.5 Å². The summed E-state index contributed by atoms with van der Waals surface area (Å²) in [6, 6.07) is 6.43. The van der Waals surface area contributed by atoms with Crippen LogP contribution in [-0.4, -0.2) is 18.9 Å². The molecule has 1 aliphatic rings. The van der Waals surface area contributed by atoms with Gasteiger partial charge in [0, 0.05) is 19.0 Å². The summed E-state index contributed by atoms with van der Waals surface area (Å²) in [5.74, 6) is 1.07. The summed E-state index contributed by atoms with van der Waals surface area (Å²) in [6.07, 6.45) is 7.50. The van der Waals surface area contributed by atoms with Gasteiger partial charge in [0.25, 0.3) is 0 Å². The Morgan fingerprint density at radius 1 is 1.24 bits per heavy atom. The molecule has 3 rings (SSSR count). The maximum Gasteiger partial charge on any atom is 0.198 e. The van der Waals surface area contributed by atoms with Gasteiger partial charge in [-0.15, -0.1) is 0 Å². The number of Topliss-reactive ketones (excluding diaryl/α,β-unsaturated/α-hetero) is 1. The summed E-state index contributed by atoms with van der Waals surface area (Å²) < 4.78 is 11.3. The Kier molecular flexibility index (Phi) is 5.87. The van der Waals surface area contributed by atoms with Crippen LogP contribution in [0.4, 0.5) is 0 Å². The number of ether oxygens (including phenoxy) is 1. The van der Waals surface area contributed by atoms with Crippen LogP contribution in [0.15, 0.2) is 33.5 Å². The Morgan fingerprint density at radius 3 is 2.80 bits per heavy atom. The molecular formula is C20H25NO4. The van der Waals surface area contributed by atoms with E-state index in [4.69, 9.17) is 14.9 Å². The maximum absolute atomic E-state index is 12.5. The van der Waals surface area contributed by atoms with E-state index in [2.05, 4.69) is 0 Å². The van der Waals surface area contributed by atoms with Crippen LogP contribution in [0.25, 0.3) is 11.0 Å². The average molecular weight is 343 g/mol. The zero-order chi connectivity index (χ0) is 17.6. The van der Waals surface area contributed by atoms with Gasteiger partial charge in [-0.1, -0.05) is 38.2 Å². The Morgan fingerprint density at radius 2 is 2.04 bits per heavy atom. The van der Waals surface area contributed by atoms with Crippen LogP contribution >= 0.6 is 0 Å². The van der Waals surface area contributed by atoms with E-state index in [1.807, 2.05) is 0 Å². The minimum Gasteiger partial charge on any atom is -0.488 e. The molecule has 0 amide bonds. The van der Waals surface area contributed by atoms with Crippen molar-refractivity contribution < 1.29 is 13.9 Å². The number of fused-ring (bicyclic) bond motifs is 1. The minimum absolute atomic E-state index is 0.113. The van der Waals surface area contributed by atoms with Crippen molar-refractivity contribution in [2.24, 2.45) is 11.7 Å². The van der Waals surface area contributed by atoms with Gasteiger partial charge < -0.3 is 14.9 Å². The number of carbonyl (C=O) groups is 1. The summed E-state index contributed by atoms with van der Waals surface area (Å²) in [5, 5.41) is 0.415. The predicted molar refractivity (Wildman–Crippen MR) is 97.2 cm³/mol. The highest BCUT2D eigenvalue weighted by atomic mass is 16.5. The molecule has 1 saturated carbocycles. The first-order valence-electron chi connectivity index (χ1n) is 9.12. The number of carbonyl (C=O) groups excluding carboxylic acids is 1. The molecule has 0 radical (unpaired) electrons. The number of para-hydroxylation sites is 1. The van der Waals surface area contributed by atoms with Gasteiger partial charge in [-0.2, -0.15) is 0 Å². The fourth-order valence-electron chi connectivity index (χ4n) is 3.51. The van der Waals surface area contributed by atoms with Crippen LogP contribution in [0, 0.1) is 5.92 Å². The second-order valence-electron chi connectivity index (χ2n) is 6.71. The standard InChI is InChI=1S/C20H25NO4/c21-11-12-24-18-8-4-7-15-17(23)13-19(25-20(15)18)16(22)10-9-14-5-2-1-3-6-14/h4,7-8,13-14H,1-3,5-6,9-12,21H2. The monoisotopic (exact) mass is 343 g/mol. The number of ketones is 1. The van der Waals surface area contributed by atoms with Gasteiger partial charge in [0.05, 0.1) is 5.39 Å². The van der Waals surface area contributed by atoms with Crippen LogP contribution < -0.4 is 15.9 Å². The first-order valence-corrected chi connectivity index (χ1v) is 9.12. The third-order valence-electron chi connectivity index (χ3n) is 4.87. The van der Waals surface area contributed by atoms with E-state index in [0.29, 0.717) is 42.2 Å². The van der Waals surface area contributed by atoms with E-state index in [9.17, 15) is 9.59 Å². The molecule has 2 N–H and O–H groups in total. The van der Waals surface area contributed by atoms with Gasteiger partial charge in [-0.3, -0.25) is 9.59 Å². The van der Waals surface area contributed by atoms with Crippen LogP contribution in [-0.2, 0) is 0 Å². The molecule has 5 nitrogen and oxygen atoms in total. The molecule has 5 heteroatoms. The smallest absolute Gasteiger partial charge is 0.198 e. The largest absolute Gasteiger partial charge is 0.488 e. The van der Waals surface area contributed by atoms with Crippen molar-refractivity contribution >= 4 is 16.8 Å². The summed E-state index contributed by atoms with van der Waals surface area (Å²) in [5.41, 5.74) is 5.57. The number of rotatable bonds is 7. The molecule has 1 fully saturated rings. The average Bonchev–Trinajstić information content (AvgIpc) is 2.65. The van der Waals surface area contributed by atoms with Gasteiger partial charge in [0.15, 0.2) is 28.3 Å². The lowest BCUT2D eigenvalue weighted by Gasteiger charge is -2.20. The van der Waals surface area contributed by atoms with E-state index in [-0.39, 0.29) is 17.0 Å². The first-order chi connectivity index (χ1) is 12.2. The summed E-state index contributed by atoms with van der Waals surface area (Å²) in [7, 11) is 0. The van der Waals surface area contributed by atoms with Crippen molar-refractivity contribution in [3.63, 3.8) is 0 Å². The number of nitrogens with two attached hydrogens (primary N) is 1. The number of hydrogen-bond donors (Lipinski definition) is 1. The van der Waals surface area contributed by atoms with Crippen LogP contribution in [0.5, 0.6) is 5.75 Å². The highest BCUT2D eigenvalue weighted by molar-refractivity contribution is 5.95. The lowest BCUT2D eigenvalue weighted by Crippen LogP contribution is -2.13. The third kappa shape index (κ3) is 4.28. The van der Waals surface area contributed by atoms with Crippen molar-refractivity contribution in [2.75, 3.05) is 13.2 Å². The Bertz CT molecular complexity index is 790. The fourth-order valence-corrected chi connectivity index (χ4v) is 3.51. The van der Waals surface area contributed by atoms with Crippen molar-refractivity contribution in [1.82, 2.24) is 0 Å². The number of hydrogen-bond acceptors (Lipinski definition) is 5. The highest BCUT2D eigenvalue weighted by Crippen LogP contribution is 2.29. The molecule has 0 atom stereocenters. The molecule has 0 unspecified atom stereocenters. The zero-order valence-corrected chi connectivity index (χ0v) is 14.5. The fraction of sp³-hybridized carbons (Fsp3) is 0.500. The molecule has 1 aliphatic carbocycles. The molecule has 25 heavy (non-hydrogen) atoms. The van der Waals surface area contributed by atoms with Crippen LogP contribution in [0.2, 0.25) is 0 Å². The molecule has 1 aromatic heterocycles. The predicted octanol–water partition coefficient (Wildman–Crippen LogP) is 3.67. The molecule has 0 spiro atoms. The molecule has 0 bridgehead atoms. The van der Waals surface area contributed by atoms with Crippen LogP contribution in [0.1, 0.15) is 55.5 Å². The van der Waals surface area contributed by atoms with Crippen molar-refractivity contribution in [3.8, 4) is 5.75 Å².